The van der Waals surface area contributed by atoms with Gasteiger partial charge < -0.3 is 5.73 Å². The van der Waals surface area contributed by atoms with Gasteiger partial charge in [0.25, 0.3) is 0 Å². The van der Waals surface area contributed by atoms with Crippen LogP contribution in [0.5, 0.6) is 0 Å². The number of nitrogen functional groups attached to an aromatic ring is 1. The monoisotopic (exact) mass is 253 g/mol. The maximum atomic E-state index is 12.5. The van der Waals surface area contributed by atoms with E-state index in [4.69, 9.17) is 5.73 Å². The Balaban J connectivity index is 2.25. The van der Waals surface area contributed by atoms with Crippen molar-refractivity contribution in [3.05, 3.63) is 53.6 Å². The third-order valence-electron chi connectivity index (χ3n) is 2.31. The van der Waals surface area contributed by atoms with Crippen molar-refractivity contribution in [1.82, 2.24) is 9.97 Å². The molecule has 2 aromatic rings. The van der Waals surface area contributed by atoms with Crippen molar-refractivity contribution < 1.29 is 13.2 Å². The minimum atomic E-state index is -4.45. The molecule has 0 aliphatic rings. The summed E-state index contributed by atoms with van der Waals surface area (Å²) in [4.78, 5) is 7.32. The summed E-state index contributed by atoms with van der Waals surface area (Å²) in [7, 11) is 0. The first-order valence-corrected chi connectivity index (χ1v) is 5.19. The summed E-state index contributed by atoms with van der Waals surface area (Å²) >= 11 is 0. The van der Waals surface area contributed by atoms with Gasteiger partial charge in [0.2, 0.25) is 0 Å². The van der Waals surface area contributed by atoms with E-state index in [9.17, 15) is 13.2 Å². The van der Waals surface area contributed by atoms with Gasteiger partial charge in [0.1, 0.15) is 11.5 Å². The fourth-order valence-corrected chi connectivity index (χ4v) is 1.53. The predicted molar refractivity (Wildman–Crippen MR) is 60.7 cm³/mol. The number of alkyl halides is 3. The highest BCUT2D eigenvalue weighted by Gasteiger charge is 2.32. The van der Waals surface area contributed by atoms with E-state index in [0.717, 1.165) is 17.8 Å². The first kappa shape index (κ1) is 12.3. The standard InChI is InChI=1S/C12H10F3N3/c13-12(14,15)10-4-5-17-11(18-10)7-8-2-1-3-9(16)6-8/h1-6H,7,16H2. The SMILES string of the molecule is Nc1cccc(Cc2nccc(C(F)(F)F)n2)c1. The van der Waals surface area contributed by atoms with Crippen LogP contribution in [0.15, 0.2) is 36.5 Å². The molecule has 0 aliphatic carbocycles. The number of anilines is 1. The smallest absolute Gasteiger partial charge is 0.399 e. The lowest BCUT2D eigenvalue weighted by Crippen LogP contribution is -2.10. The average Bonchev–Trinajstić information content (AvgIpc) is 2.28. The van der Waals surface area contributed by atoms with E-state index < -0.39 is 11.9 Å². The maximum absolute atomic E-state index is 12.5. The second-order valence-electron chi connectivity index (χ2n) is 3.78. The molecule has 0 spiro atoms. The molecule has 0 bridgehead atoms. The first-order chi connectivity index (χ1) is 8.45. The van der Waals surface area contributed by atoms with Crippen LogP contribution in [0, 0.1) is 0 Å². The van der Waals surface area contributed by atoms with Gasteiger partial charge in [0.05, 0.1) is 0 Å². The van der Waals surface area contributed by atoms with Crippen LogP contribution in [0.2, 0.25) is 0 Å². The number of nitrogens with two attached hydrogens (primary N) is 1. The average molecular weight is 253 g/mol. The van der Waals surface area contributed by atoms with Crippen LogP contribution < -0.4 is 5.73 Å². The van der Waals surface area contributed by atoms with Crippen LogP contribution in [0.25, 0.3) is 0 Å². The van der Waals surface area contributed by atoms with Gasteiger partial charge in [-0.3, -0.25) is 0 Å². The molecule has 2 N–H and O–H groups in total. The Morgan fingerprint density at radius 3 is 2.61 bits per heavy atom. The van der Waals surface area contributed by atoms with Crippen LogP contribution in [0.3, 0.4) is 0 Å². The second-order valence-corrected chi connectivity index (χ2v) is 3.78. The second kappa shape index (κ2) is 4.64. The van der Waals surface area contributed by atoms with Crippen LogP contribution in [-0.2, 0) is 12.6 Å². The molecular weight excluding hydrogens is 243 g/mol. The van der Waals surface area contributed by atoms with E-state index >= 15 is 0 Å². The van der Waals surface area contributed by atoms with Gasteiger partial charge in [0.15, 0.2) is 0 Å². The van der Waals surface area contributed by atoms with Gasteiger partial charge in [-0.15, -0.1) is 0 Å². The number of halogens is 3. The molecule has 18 heavy (non-hydrogen) atoms. The highest BCUT2D eigenvalue weighted by Crippen LogP contribution is 2.27. The van der Waals surface area contributed by atoms with Gasteiger partial charge in [-0.05, 0) is 23.8 Å². The molecule has 1 aromatic heterocycles. The molecule has 94 valence electrons. The quantitative estimate of drug-likeness (QED) is 0.837. The lowest BCUT2D eigenvalue weighted by Gasteiger charge is -2.07. The molecule has 6 heteroatoms. The third kappa shape index (κ3) is 2.97. The van der Waals surface area contributed by atoms with Crippen LogP contribution >= 0.6 is 0 Å². The molecule has 0 saturated carbocycles. The first-order valence-electron chi connectivity index (χ1n) is 5.19. The number of hydrogen-bond acceptors (Lipinski definition) is 3. The fraction of sp³-hybridized carbons (Fsp3) is 0.167. The molecule has 0 fully saturated rings. The lowest BCUT2D eigenvalue weighted by atomic mass is 10.1. The van der Waals surface area contributed by atoms with Crippen molar-refractivity contribution in [1.29, 1.82) is 0 Å². The summed E-state index contributed by atoms with van der Waals surface area (Å²) in [6.07, 6.45) is -3.13. The highest BCUT2D eigenvalue weighted by molar-refractivity contribution is 5.41. The minimum absolute atomic E-state index is 0.121. The summed E-state index contributed by atoms with van der Waals surface area (Å²) in [5.41, 5.74) is 5.98. The number of nitrogens with zero attached hydrogens (tertiary/aromatic N) is 2. The zero-order valence-electron chi connectivity index (χ0n) is 9.28. The zero-order valence-corrected chi connectivity index (χ0v) is 9.28. The number of hydrogen-bond donors (Lipinski definition) is 1. The molecular formula is C12H10F3N3. The van der Waals surface area contributed by atoms with Gasteiger partial charge >= 0.3 is 6.18 Å². The Labute approximate surface area is 101 Å². The van der Waals surface area contributed by atoms with Gasteiger partial charge in [0, 0.05) is 18.3 Å². The molecule has 0 radical (unpaired) electrons. The largest absolute Gasteiger partial charge is 0.433 e. The Bertz CT molecular complexity index is 552. The molecule has 0 atom stereocenters. The molecule has 1 aromatic carbocycles. The van der Waals surface area contributed by atoms with E-state index in [1.807, 2.05) is 0 Å². The van der Waals surface area contributed by atoms with E-state index in [1.54, 1.807) is 24.3 Å². The van der Waals surface area contributed by atoms with Crippen molar-refractivity contribution in [2.45, 2.75) is 12.6 Å². The van der Waals surface area contributed by atoms with Gasteiger partial charge in [-0.1, -0.05) is 12.1 Å². The van der Waals surface area contributed by atoms with Crippen molar-refractivity contribution in [2.24, 2.45) is 0 Å². The minimum Gasteiger partial charge on any atom is -0.399 e. The number of aromatic nitrogens is 2. The summed E-state index contributed by atoms with van der Waals surface area (Å²) in [5.74, 6) is 0.121. The third-order valence-corrected chi connectivity index (χ3v) is 2.31. The Hall–Kier alpha value is -2.11. The Kier molecular flexibility index (Phi) is 3.18. The fourth-order valence-electron chi connectivity index (χ4n) is 1.53. The van der Waals surface area contributed by atoms with Crippen LogP contribution in [0.1, 0.15) is 17.1 Å². The molecule has 0 saturated heterocycles. The van der Waals surface area contributed by atoms with Crippen LogP contribution in [0.4, 0.5) is 18.9 Å². The van der Waals surface area contributed by atoms with E-state index in [1.165, 1.54) is 0 Å². The summed E-state index contributed by atoms with van der Waals surface area (Å²) in [5, 5.41) is 0. The van der Waals surface area contributed by atoms with Gasteiger partial charge in [-0.25, -0.2) is 9.97 Å². The van der Waals surface area contributed by atoms with Crippen LogP contribution in [-0.4, -0.2) is 9.97 Å². The van der Waals surface area contributed by atoms with E-state index in [-0.39, 0.29) is 12.2 Å². The van der Waals surface area contributed by atoms with Crippen molar-refractivity contribution >= 4 is 5.69 Å². The Morgan fingerprint density at radius 1 is 1.17 bits per heavy atom. The van der Waals surface area contributed by atoms with Crippen molar-refractivity contribution in [2.75, 3.05) is 5.73 Å². The number of benzene rings is 1. The Morgan fingerprint density at radius 2 is 1.94 bits per heavy atom. The lowest BCUT2D eigenvalue weighted by molar-refractivity contribution is -0.141. The molecule has 0 amide bonds. The molecule has 2 rings (SSSR count). The maximum Gasteiger partial charge on any atom is 0.433 e. The van der Waals surface area contributed by atoms with Crippen molar-refractivity contribution in [3.63, 3.8) is 0 Å². The summed E-state index contributed by atoms with van der Waals surface area (Å²) < 4.78 is 37.4. The molecule has 3 nitrogen and oxygen atoms in total. The topological polar surface area (TPSA) is 51.8 Å². The zero-order chi connectivity index (χ0) is 13.2. The molecule has 0 unspecified atom stereocenters. The summed E-state index contributed by atoms with van der Waals surface area (Å²) in [6.45, 7) is 0. The highest BCUT2D eigenvalue weighted by atomic mass is 19.4. The van der Waals surface area contributed by atoms with Gasteiger partial charge in [-0.2, -0.15) is 13.2 Å². The molecule has 1 heterocycles. The van der Waals surface area contributed by atoms with Crippen molar-refractivity contribution in [3.8, 4) is 0 Å². The van der Waals surface area contributed by atoms with E-state index in [0.29, 0.717) is 5.69 Å². The normalized spacial score (nSPS) is 11.5. The number of rotatable bonds is 2. The predicted octanol–water partition coefficient (Wildman–Crippen LogP) is 2.67. The van der Waals surface area contributed by atoms with E-state index in [2.05, 4.69) is 9.97 Å². The summed E-state index contributed by atoms with van der Waals surface area (Å²) in [6, 6.07) is 7.74. The molecule has 0 aliphatic heterocycles.